The average molecular weight is 482 g/mol. The highest BCUT2D eigenvalue weighted by atomic mass is 127. The van der Waals surface area contributed by atoms with Crippen molar-refractivity contribution in [3.05, 3.63) is 16.1 Å². The summed E-state index contributed by atoms with van der Waals surface area (Å²) in [7, 11) is 0. The number of halogens is 1. The van der Waals surface area contributed by atoms with E-state index in [9.17, 15) is 0 Å². The van der Waals surface area contributed by atoms with Gasteiger partial charge in [-0.2, -0.15) is 0 Å². The van der Waals surface area contributed by atoms with Gasteiger partial charge in [0.2, 0.25) is 0 Å². The monoisotopic (exact) mass is 482 g/mol. The fraction of sp³-hybridized carbons (Fsp3) is 0.765. The molecular formula is C17H31IN4O2S. The third kappa shape index (κ3) is 8.65. The van der Waals surface area contributed by atoms with Crippen LogP contribution >= 0.6 is 35.3 Å². The van der Waals surface area contributed by atoms with Gasteiger partial charge >= 0.3 is 0 Å². The van der Waals surface area contributed by atoms with Crippen LogP contribution in [0.1, 0.15) is 37.1 Å². The lowest BCUT2D eigenvalue weighted by molar-refractivity contribution is 0.0347. The summed E-state index contributed by atoms with van der Waals surface area (Å²) >= 11 is 1.78. The van der Waals surface area contributed by atoms with E-state index in [-0.39, 0.29) is 36.1 Å². The summed E-state index contributed by atoms with van der Waals surface area (Å²) in [6, 6.07) is 0.204. The first-order chi connectivity index (χ1) is 11.7. The van der Waals surface area contributed by atoms with Gasteiger partial charge in [0.15, 0.2) is 5.96 Å². The molecule has 25 heavy (non-hydrogen) atoms. The van der Waals surface area contributed by atoms with Crippen molar-refractivity contribution in [1.82, 2.24) is 15.6 Å². The SMILES string of the molecule is CCNC(=NCCc1ncc(CC)s1)NC(C)COC1CCOC1.I. The Morgan fingerprint density at radius 3 is 3.00 bits per heavy atom. The van der Waals surface area contributed by atoms with Crippen LogP contribution in [-0.2, 0) is 22.3 Å². The first-order valence-corrected chi connectivity index (χ1v) is 9.70. The van der Waals surface area contributed by atoms with E-state index < -0.39 is 0 Å². The van der Waals surface area contributed by atoms with Crippen molar-refractivity contribution in [2.75, 3.05) is 32.9 Å². The summed E-state index contributed by atoms with van der Waals surface area (Å²) in [6.07, 6.45) is 5.14. The molecule has 8 heteroatoms. The van der Waals surface area contributed by atoms with Gasteiger partial charge in [0, 0.05) is 43.2 Å². The normalized spacial score (nSPS) is 18.7. The van der Waals surface area contributed by atoms with E-state index in [2.05, 4.69) is 41.4 Å². The summed E-state index contributed by atoms with van der Waals surface area (Å²) < 4.78 is 11.2. The van der Waals surface area contributed by atoms with Crippen molar-refractivity contribution in [3.63, 3.8) is 0 Å². The van der Waals surface area contributed by atoms with E-state index in [1.54, 1.807) is 11.3 Å². The molecule has 6 nitrogen and oxygen atoms in total. The highest BCUT2D eigenvalue weighted by Gasteiger charge is 2.17. The maximum Gasteiger partial charge on any atom is 0.191 e. The maximum atomic E-state index is 5.85. The van der Waals surface area contributed by atoms with E-state index in [4.69, 9.17) is 9.47 Å². The van der Waals surface area contributed by atoms with E-state index >= 15 is 0 Å². The predicted octanol–water partition coefficient (Wildman–Crippen LogP) is 2.62. The zero-order chi connectivity index (χ0) is 17.2. The van der Waals surface area contributed by atoms with Gasteiger partial charge in [0.05, 0.1) is 24.3 Å². The van der Waals surface area contributed by atoms with Crippen molar-refractivity contribution in [2.45, 2.75) is 52.2 Å². The number of aromatic nitrogens is 1. The minimum atomic E-state index is 0. The lowest BCUT2D eigenvalue weighted by Crippen LogP contribution is -2.44. The van der Waals surface area contributed by atoms with Crippen molar-refractivity contribution >= 4 is 41.3 Å². The molecule has 2 heterocycles. The molecule has 2 rings (SSSR count). The Bertz CT molecular complexity index is 507. The third-order valence-electron chi connectivity index (χ3n) is 3.74. The van der Waals surface area contributed by atoms with Gasteiger partial charge in [-0.05, 0) is 26.7 Å². The topological polar surface area (TPSA) is 67.8 Å². The minimum absolute atomic E-state index is 0. The van der Waals surface area contributed by atoms with Gasteiger partial charge in [-0.25, -0.2) is 4.98 Å². The fourth-order valence-electron chi connectivity index (χ4n) is 2.41. The van der Waals surface area contributed by atoms with Crippen LogP contribution in [0.4, 0.5) is 0 Å². The van der Waals surface area contributed by atoms with Crippen LogP contribution in [-0.4, -0.2) is 56.0 Å². The summed E-state index contributed by atoms with van der Waals surface area (Å²) in [4.78, 5) is 10.4. The summed E-state index contributed by atoms with van der Waals surface area (Å²) in [5, 5.41) is 7.84. The number of thiazole rings is 1. The maximum absolute atomic E-state index is 5.85. The molecule has 2 unspecified atom stereocenters. The Balaban J connectivity index is 0.00000312. The molecule has 2 atom stereocenters. The smallest absolute Gasteiger partial charge is 0.191 e. The number of hydrogen-bond donors (Lipinski definition) is 2. The van der Waals surface area contributed by atoms with E-state index in [1.165, 1.54) is 4.88 Å². The molecule has 0 spiro atoms. The van der Waals surface area contributed by atoms with Crippen LogP contribution in [0.5, 0.6) is 0 Å². The number of hydrogen-bond acceptors (Lipinski definition) is 5. The van der Waals surface area contributed by atoms with Crippen LogP contribution in [0.15, 0.2) is 11.2 Å². The zero-order valence-electron chi connectivity index (χ0n) is 15.4. The summed E-state index contributed by atoms with van der Waals surface area (Å²) in [5.74, 6) is 0.837. The van der Waals surface area contributed by atoms with Crippen molar-refractivity contribution in [3.8, 4) is 0 Å². The molecule has 1 aromatic heterocycles. The molecule has 1 aliphatic rings. The molecule has 1 aromatic rings. The van der Waals surface area contributed by atoms with Crippen molar-refractivity contribution in [2.24, 2.45) is 4.99 Å². The van der Waals surface area contributed by atoms with Crippen LogP contribution in [0.25, 0.3) is 0 Å². The predicted molar refractivity (Wildman–Crippen MR) is 114 cm³/mol. The summed E-state index contributed by atoms with van der Waals surface area (Å²) in [5.41, 5.74) is 0. The molecule has 144 valence electrons. The van der Waals surface area contributed by atoms with E-state index in [0.717, 1.165) is 49.9 Å². The Labute approximate surface area is 172 Å². The molecule has 0 aromatic carbocycles. The number of nitrogens with zero attached hydrogens (tertiary/aromatic N) is 2. The van der Waals surface area contributed by atoms with Gasteiger partial charge in [-0.3, -0.25) is 4.99 Å². The molecule has 1 saturated heterocycles. The molecule has 0 saturated carbocycles. The van der Waals surface area contributed by atoms with Crippen LogP contribution in [0.3, 0.4) is 0 Å². The lowest BCUT2D eigenvalue weighted by atomic mass is 10.3. The standard InChI is InChI=1S/C17H30N4O2S.HI/c1-4-15-10-20-16(24-15)6-8-19-17(18-5-2)21-13(3)11-23-14-7-9-22-12-14;/h10,13-14H,4-9,11-12H2,1-3H3,(H2,18,19,21);1H. The van der Waals surface area contributed by atoms with Gasteiger partial charge in [0.1, 0.15) is 0 Å². The summed E-state index contributed by atoms with van der Waals surface area (Å²) in [6.45, 7) is 10.1. The molecule has 0 amide bonds. The zero-order valence-corrected chi connectivity index (χ0v) is 18.6. The number of aliphatic imine (C=N–C) groups is 1. The number of ether oxygens (including phenoxy) is 2. The fourth-order valence-corrected chi connectivity index (χ4v) is 3.26. The highest BCUT2D eigenvalue weighted by Crippen LogP contribution is 2.13. The molecule has 0 radical (unpaired) electrons. The first-order valence-electron chi connectivity index (χ1n) is 8.89. The first kappa shape index (κ1) is 22.6. The van der Waals surface area contributed by atoms with E-state index in [0.29, 0.717) is 13.2 Å². The van der Waals surface area contributed by atoms with Crippen molar-refractivity contribution < 1.29 is 9.47 Å². The van der Waals surface area contributed by atoms with Crippen LogP contribution in [0.2, 0.25) is 0 Å². The molecule has 0 bridgehead atoms. The quantitative estimate of drug-likeness (QED) is 0.322. The second kappa shape index (κ2) is 12.8. The third-order valence-corrected chi connectivity index (χ3v) is 4.94. The Morgan fingerprint density at radius 2 is 2.36 bits per heavy atom. The minimum Gasteiger partial charge on any atom is -0.379 e. The second-order valence-corrected chi connectivity index (χ2v) is 7.15. The lowest BCUT2D eigenvalue weighted by Gasteiger charge is -2.19. The molecule has 1 fully saturated rings. The van der Waals surface area contributed by atoms with Gasteiger partial charge in [-0.15, -0.1) is 35.3 Å². The Hall–Kier alpha value is -0.450. The van der Waals surface area contributed by atoms with Crippen LogP contribution < -0.4 is 10.6 Å². The van der Waals surface area contributed by atoms with Crippen LogP contribution in [0, 0.1) is 0 Å². The molecular weight excluding hydrogens is 451 g/mol. The van der Waals surface area contributed by atoms with Gasteiger partial charge < -0.3 is 20.1 Å². The van der Waals surface area contributed by atoms with E-state index in [1.807, 2.05) is 6.20 Å². The number of guanidine groups is 1. The number of rotatable bonds is 9. The molecule has 1 aliphatic heterocycles. The Kier molecular flexibility index (Phi) is 11.6. The highest BCUT2D eigenvalue weighted by molar-refractivity contribution is 14.0. The number of nitrogens with one attached hydrogen (secondary N) is 2. The average Bonchev–Trinajstić information content (AvgIpc) is 3.24. The molecule has 2 N–H and O–H groups in total. The van der Waals surface area contributed by atoms with Crippen molar-refractivity contribution in [1.29, 1.82) is 0 Å². The number of aryl methyl sites for hydroxylation is 1. The molecule has 0 aliphatic carbocycles. The van der Waals surface area contributed by atoms with Gasteiger partial charge in [-0.1, -0.05) is 6.92 Å². The van der Waals surface area contributed by atoms with Gasteiger partial charge in [0.25, 0.3) is 0 Å². The largest absolute Gasteiger partial charge is 0.379 e. The Morgan fingerprint density at radius 1 is 1.52 bits per heavy atom. The second-order valence-electron chi connectivity index (χ2n) is 5.95.